The van der Waals surface area contributed by atoms with Crippen LogP contribution >= 0.6 is 11.6 Å². The first-order chi connectivity index (χ1) is 10.2. The van der Waals surface area contributed by atoms with Crippen LogP contribution in [-0.2, 0) is 0 Å². The Labute approximate surface area is 133 Å². The average Bonchev–Trinajstić information content (AvgIpc) is 3.15. The molecule has 0 saturated carbocycles. The normalized spacial score (nSPS) is 25.5. The van der Waals surface area contributed by atoms with Crippen LogP contribution in [0.5, 0.6) is 0 Å². The van der Waals surface area contributed by atoms with Gasteiger partial charge in [0.25, 0.3) is 0 Å². The maximum absolute atomic E-state index is 6.30. The Hall–Kier alpha value is -0.610. The molecule has 2 unspecified atom stereocenters. The van der Waals surface area contributed by atoms with Gasteiger partial charge >= 0.3 is 0 Å². The van der Waals surface area contributed by atoms with E-state index in [1.54, 1.807) is 0 Å². The van der Waals surface area contributed by atoms with Gasteiger partial charge in [-0.05, 0) is 63.0 Å². The van der Waals surface area contributed by atoms with Crippen LogP contribution < -0.4 is 5.73 Å². The molecular formula is C17H26ClN3. The Morgan fingerprint density at radius 3 is 2.81 bits per heavy atom. The molecule has 0 spiro atoms. The highest BCUT2D eigenvalue weighted by Crippen LogP contribution is 2.23. The van der Waals surface area contributed by atoms with Crippen molar-refractivity contribution in [3.63, 3.8) is 0 Å². The molecule has 0 amide bonds. The van der Waals surface area contributed by atoms with E-state index in [4.69, 9.17) is 17.3 Å². The summed E-state index contributed by atoms with van der Waals surface area (Å²) >= 11 is 6.04. The summed E-state index contributed by atoms with van der Waals surface area (Å²) in [6.07, 6.45) is 5.10. The third-order valence-corrected chi connectivity index (χ3v) is 5.17. The monoisotopic (exact) mass is 307 g/mol. The molecule has 1 aromatic rings. The van der Waals surface area contributed by atoms with Gasteiger partial charge in [-0.15, -0.1) is 0 Å². The third-order valence-electron chi connectivity index (χ3n) is 4.94. The molecule has 0 aliphatic carbocycles. The zero-order valence-electron chi connectivity index (χ0n) is 12.7. The molecule has 0 aromatic heterocycles. The zero-order chi connectivity index (χ0) is 14.7. The van der Waals surface area contributed by atoms with Crippen molar-refractivity contribution in [3.8, 4) is 0 Å². The van der Waals surface area contributed by atoms with Gasteiger partial charge < -0.3 is 10.6 Å². The van der Waals surface area contributed by atoms with Crippen molar-refractivity contribution in [2.24, 2.45) is 5.73 Å². The van der Waals surface area contributed by atoms with Crippen molar-refractivity contribution in [2.75, 3.05) is 32.7 Å². The molecule has 21 heavy (non-hydrogen) atoms. The average molecular weight is 308 g/mol. The van der Waals surface area contributed by atoms with E-state index < -0.39 is 0 Å². The minimum Gasteiger partial charge on any atom is -0.324 e. The Morgan fingerprint density at radius 1 is 1.24 bits per heavy atom. The maximum Gasteiger partial charge on any atom is 0.0409 e. The van der Waals surface area contributed by atoms with E-state index in [9.17, 15) is 0 Å². The summed E-state index contributed by atoms with van der Waals surface area (Å²) in [5, 5.41) is 0.776. The molecule has 116 valence electrons. The number of nitrogens with two attached hydrogens (primary N) is 1. The fourth-order valence-corrected chi connectivity index (χ4v) is 3.84. The lowest BCUT2D eigenvalue weighted by molar-refractivity contribution is 0.230. The molecule has 2 aliphatic rings. The van der Waals surface area contributed by atoms with E-state index in [1.807, 2.05) is 18.2 Å². The summed E-state index contributed by atoms with van der Waals surface area (Å²) in [4.78, 5) is 5.25. The van der Waals surface area contributed by atoms with Gasteiger partial charge in [-0.2, -0.15) is 0 Å². The van der Waals surface area contributed by atoms with Crippen LogP contribution in [0.15, 0.2) is 24.3 Å². The van der Waals surface area contributed by atoms with E-state index in [0.29, 0.717) is 0 Å². The van der Waals surface area contributed by atoms with Gasteiger partial charge in [-0.1, -0.05) is 23.7 Å². The van der Waals surface area contributed by atoms with Crippen LogP contribution in [0.3, 0.4) is 0 Å². The van der Waals surface area contributed by atoms with Gasteiger partial charge in [0.2, 0.25) is 0 Å². The predicted molar refractivity (Wildman–Crippen MR) is 88.6 cm³/mol. The van der Waals surface area contributed by atoms with E-state index in [1.165, 1.54) is 45.4 Å². The molecular weight excluding hydrogens is 282 g/mol. The lowest BCUT2D eigenvalue weighted by Crippen LogP contribution is -2.35. The van der Waals surface area contributed by atoms with Crippen molar-refractivity contribution in [1.29, 1.82) is 0 Å². The van der Waals surface area contributed by atoms with Crippen molar-refractivity contribution in [1.82, 2.24) is 9.80 Å². The molecule has 0 bridgehead atoms. The fraction of sp³-hybridized carbons (Fsp3) is 0.647. The van der Waals surface area contributed by atoms with Gasteiger partial charge in [-0.25, -0.2) is 0 Å². The van der Waals surface area contributed by atoms with Gasteiger partial charge in [0, 0.05) is 30.2 Å². The molecule has 2 aliphatic heterocycles. The number of likely N-dealkylation sites (tertiary alicyclic amines) is 2. The second kappa shape index (κ2) is 7.10. The second-order valence-corrected chi connectivity index (χ2v) is 6.87. The number of rotatable bonds is 5. The third kappa shape index (κ3) is 3.98. The molecule has 2 saturated heterocycles. The highest BCUT2D eigenvalue weighted by molar-refractivity contribution is 6.30. The zero-order valence-corrected chi connectivity index (χ0v) is 13.4. The molecule has 2 heterocycles. The molecule has 0 radical (unpaired) electrons. The Morgan fingerprint density at radius 2 is 2.05 bits per heavy atom. The summed E-state index contributed by atoms with van der Waals surface area (Å²) in [6, 6.07) is 8.83. The Balaban J connectivity index is 1.45. The Bertz CT molecular complexity index is 459. The lowest BCUT2D eigenvalue weighted by atomic mass is 10.0. The second-order valence-electron chi connectivity index (χ2n) is 6.44. The summed E-state index contributed by atoms with van der Waals surface area (Å²) < 4.78 is 0. The highest BCUT2D eigenvalue weighted by Gasteiger charge is 2.29. The number of halogens is 1. The number of hydrogen-bond donors (Lipinski definition) is 1. The topological polar surface area (TPSA) is 32.5 Å². The summed E-state index contributed by atoms with van der Waals surface area (Å²) in [5.41, 5.74) is 7.45. The number of nitrogens with zero attached hydrogens (tertiary/aromatic N) is 2. The van der Waals surface area contributed by atoms with Crippen molar-refractivity contribution in [3.05, 3.63) is 34.9 Å². The first-order valence-corrected chi connectivity index (χ1v) is 8.57. The number of benzene rings is 1. The molecule has 2 fully saturated rings. The molecule has 3 rings (SSSR count). The van der Waals surface area contributed by atoms with Crippen LogP contribution in [0.2, 0.25) is 5.02 Å². The minimum atomic E-state index is 0.0922. The van der Waals surface area contributed by atoms with E-state index >= 15 is 0 Å². The fourth-order valence-electron chi connectivity index (χ4n) is 3.65. The van der Waals surface area contributed by atoms with E-state index in [0.717, 1.165) is 29.6 Å². The summed E-state index contributed by atoms with van der Waals surface area (Å²) in [5.74, 6) is 0. The quantitative estimate of drug-likeness (QED) is 0.908. The molecule has 2 N–H and O–H groups in total. The molecule has 3 nitrogen and oxygen atoms in total. The molecule has 4 heteroatoms. The van der Waals surface area contributed by atoms with Crippen molar-refractivity contribution >= 4 is 11.6 Å². The summed E-state index contributed by atoms with van der Waals surface area (Å²) in [7, 11) is 0. The number of hydrogen-bond acceptors (Lipinski definition) is 3. The van der Waals surface area contributed by atoms with E-state index in [-0.39, 0.29) is 6.04 Å². The maximum atomic E-state index is 6.30. The van der Waals surface area contributed by atoms with Gasteiger partial charge in [-0.3, -0.25) is 4.90 Å². The van der Waals surface area contributed by atoms with Crippen LogP contribution in [-0.4, -0.2) is 48.6 Å². The van der Waals surface area contributed by atoms with Crippen molar-refractivity contribution in [2.45, 2.75) is 37.8 Å². The van der Waals surface area contributed by atoms with Gasteiger partial charge in [0.1, 0.15) is 0 Å². The summed E-state index contributed by atoms with van der Waals surface area (Å²) in [6.45, 7) is 6.16. The minimum absolute atomic E-state index is 0.0922. The van der Waals surface area contributed by atoms with E-state index in [2.05, 4.69) is 15.9 Å². The van der Waals surface area contributed by atoms with Gasteiger partial charge in [0.05, 0.1) is 0 Å². The van der Waals surface area contributed by atoms with Crippen LogP contribution in [0.25, 0.3) is 0 Å². The SMILES string of the molecule is NC(CCN1CCC(N2CCCC2)C1)c1cccc(Cl)c1. The van der Waals surface area contributed by atoms with Crippen LogP contribution in [0.4, 0.5) is 0 Å². The van der Waals surface area contributed by atoms with Crippen molar-refractivity contribution < 1.29 is 0 Å². The lowest BCUT2D eigenvalue weighted by Gasteiger charge is -2.24. The molecule has 1 aromatic carbocycles. The predicted octanol–water partition coefficient (Wildman–Crippen LogP) is 2.90. The smallest absolute Gasteiger partial charge is 0.0409 e. The van der Waals surface area contributed by atoms with Crippen LogP contribution in [0, 0.1) is 0 Å². The first kappa shape index (κ1) is 15.3. The van der Waals surface area contributed by atoms with Crippen LogP contribution in [0.1, 0.15) is 37.3 Å². The highest BCUT2D eigenvalue weighted by atomic mass is 35.5. The first-order valence-electron chi connectivity index (χ1n) is 8.20. The standard InChI is InChI=1S/C17H26ClN3/c18-15-5-3-4-14(12-15)17(19)7-11-20-10-6-16(13-20)21-8-1-2-9-21/h3-5,12,16-17H,1-2,6-11,13,19H2. The molecule has 2 atom stereocenters. The van der Waals surface area contributed by atoms with Gasteiger partial charge in [0.15, 0.2) is 0 Å². The largest absolute Gasteiger partial charge is 0.324 e. The Kier molecular flexibility index (Phi) is 5.17.